The van der Waals surface area contributed by atoms with Crippen LogP contribution in [-0.4, -0.2) is 16.2 Å². The zero-order chi connectivity index (χ0) is 15.5. The number of aryl methyl sites for hydroxylation is 1. The Hall–Kier alpha value is -2.33. The zero-order valence-corrected chi connectivity index (χ0v) is 12.5. The number of hydrogen-bond acceptors (Lipinski definition) is 2. The van der Waals surface area contributed by atoms with Crippen LogP contribution in [0.15, 0.2) is 48.7 Å². The van der Waals surface area contributed by atoms with Crippen molar-refractivity contribution in [1.82, 2.24) is 9.88 Å². The van der Waals surface area contributed by atoms with E-state index in [1.807, 2.05) is 36.0 Å². The lowest BCUT2D eigenvalue weighted by molar-refractivity contribution is 0.438. The van der Waals surface area contributed by atoms with Crippen LogP contribution in [0.5, 0.6) is 5.75 Å². The molecule has 0 bridgehead atoms. The largest absolute Gasteiger partial charge is 0.504 e. The van der Waals surface area contributed by atoms with E-state index in [4.69, 9.17) is 0 Å². The number of nitrogens with zero attached hydrogens (tertiary/aromatic N) is 1. The van der Waals surface area contributed by atoms with Crippen LogP contribution >= 0.6 is 0 Å². The summed E-state index contributed by atoms with van der Waals surface area (Å²) in [4.78, 5) is 0. The highest BCUT2D eigenvalue weighted by molar-refractivity contribution is 5.89. The van der Waals surface area contributed by atoms with Crippen LogP contribution in [0.2, 0.25) is 0 Å². The van der Waals surface area contributed by atoms with Crippen LogP contribution in [0, 0.1) is 5.82 Å². The summed E-state index contributed by atoms with van der Waals surface area (Å²) < 4.78 is 15.5. The quantitative estimate of drug-likeness (QED) is 0.709. The molecule has 3 rings (SSSR count). The number of nitrogens with one attached hydrogen (secondary N) is 1. The number of halogens is 1. The summed E-state index contributed by atoms with van der Waals surface area (Å²) in [6.07, 6.45) is 2.69. The molecule has 0 aliphatic rings. The first-order valence-corrected chi connectivity index (χ1v) is 7.37. The van der Waals surface area contributed by atoms with Crippen molar-refractivity contribution in [2.24, 2.45) is 7.05 Å². The van der Waals surface area contributed by atoms with Crippen molar-refractivity contribution in [2.75, 3.05) is 6.54 Å². The van der Waals surface area contributed by atoms with Crippen molar-refractivity contribution in [3.63, 3.8) is 0 Å². The Morgan fingerprint density at radius 1 is 1.14 bits per heavy atom. The van der Waals surface area contributed by atoms with E-state index in [0.717, 1.165) is 30.6 Å². The van der Waals surface area contributed by atoms with Crippen molar-refractivity contribution in [3.8, 4) is 5.75 Å². The topological polar surface area (TPSA) is 37.2 Å². The summed E-state index contributed by atoms with van der Waals surface area (Å²) in [5.41, 5.74) is 3.03. The molecule has 3 aromatic rings. The fourth-order valence-electron chi connectivity index (χ4n) is 2.77. The number of phenolic OH excluding ortho intramolecular Hbond substituents is 1. The molecule has 0 radical (unpaired) electrons. The number of aromatic nitrogens is 1. The molecule has 22 heavy (non-hydrogen) atoms. The Morgan fingerprint density at radius 3 is 2.68 bits per heavy atom. The normalized spacial score (nSPS) is 11.2. The third kappa shape index (κ3) is 2.83. The lowest BCUT2D eigenvalue weighted by atomic mass is 10.1. The molecule has 0 saturated heterocycles. The lowest BCUT2D eigenvalue weighted by Gasteiger charge is -2.05. The van der Waals surface area contributed by atoms with Gasteiger partial charge in [0.1, 0.15) is 0 Å². The zero-order valence-electron chi connectivity index (χ0n) is 12.5. The molecule has 114 valence electrons. The summed E-state index contributed by atoms with van der Waals surface area (Å²) >= 11 is 0. The monoisotopic (exact) mass is 298 g/mol. The summed E-state index contributed by atoms with van der Waals surface area (Å²) in [6.45, 7) is 1.57. The van der Waals surface area contributed by atoms with Gasteiger partial charge in [-0.25, -0.2) is 4.39 Å². The Bertz CT molecular complexity index is 781. The smallest absolute Gasteiger partial charge is 0.165 e. The molecule has 0 unspecified atom stereocenters. The van der Waals surface area contributed by atoms with Gasteiger partial charge in [0.2, 0.25) is 0 Å². The van der Waals surface area contributed by atoms with E-state index >= 15 is 0 Å². The third-order valence-corrected chi connectivity index (χ3v) is 3.90. The van der Waals surface area contributed by atoms with Gasteiger partial charge in [-0.05, 0) is 36.2 Å². The molecule has 0 aliphatic carbocycles. The van der Waals surface area contributed by atoms with Crippen LogP contribution in [0.1, 0.15) is 11.1 Å². The van der Waals surface area contributed by atoms with Gasteiger partial charge in [-0.1, -0.05) is 30.3 Å². The molecule has 2 aromatic carbocycles. The number of rotatable bonds is 5. The first-order chi connectivity index (χ1) is 10.7. The minimum atomic E-state index is -0.572. The molecule has 0 amide bonds. The van der Waals surface area contributed by atoms with E-state index in [1.165, 1.54) is 11.6 Å². The van der Waals surface area contributed by atoms with E-state index in [0.29, 0.717) is 5.39 Å². The van der Waals surface area contributed by atoms with Crippen molar-refractivity contribution in [3.05, 3.63) is 65.6 Å². The van der Waals surface area contributed by atoms with Crippen LogP contribution in [0.25, 0.3) is 10.9 Å². The highest BCUT2D eigenvalue weighted by Gasteiger charge is 2.13. The maximum absolute atomic E-state index is 13.6. The molecule has 0 spiro atoms. The molecule has 1 aromatic heterocycles. The summed E-state index contributed by atoms with van der Waals surface area (Å²) in [5.74, 6) is -0.826. The number of hydrogen-bond donors (Lipinski definition) is 2. The number of phenols is 1. The first-order valence-electron chi connectivity index (χ1n) is 7.37. The molecule has 0 saturated carbocycles. The first kappa shape index (κ1) is 14.6. The minimum absolute atomic E-state index is 0.254. The number of aromatic hydroxyl groups is 1. The Morgan fingerprint density at radius 2 is 1.91 bits per heavy atom. The predicted octanol–water partition coefficient (Wildman–Crippen LogP) is 3.36. The number of benzene rings is 2. The lowest BCUT2D eigenvalue weighted by Crippen LogP contribution is -2.16. The van der Waals surface area contributed by atoms with E-state index < -0.39 is 5.82 Å². The van der Waals surface area contributed by atoms with E-state index in [-0.39, 0.29) is 5.75 Å². The molecule has 0 aliphatic heterocycles. The SMILES string of the molecule is Cn1cc(CCNCc2ccccc2)c2c(O)c(F)ccc21. The fraction of sp³-hybridized carbons (Fsp3) is 0.222. The van der Waals surface area contributed by atoms with Crippen molar-refractivity contribution >= 4 is 10.9 Å². The second kappa shape index (κ2) is 6.20. The Kier molecular flexibility index (Phi) is 4.11. The third-order valence-electron chi connectivity index (χ3n) is 3.90. The summed E-state index contributed by atoms with van der Waals surface area (Å²) in [6, 6.07) is 13.2. The van der Waals surface area contributed by atoms with Crippen molar-refractivity contribution in [1.29, 1.82) is 0 Å². The molecule has 3 nitrogen and oxygen atoms in total. The average Bonchev–Trinajstić information content (AvgIpc) is 2.85. The van der Waals surface area contributed by atoms with E-state index in [1.54, 1.807) is 6.07 Å². The molecule has 0 fully saturated rings. The molecule has 2 N–H and O–H groups in total. The van der Waals surface area contributed by atoms with Crippen LogP contribution in [0.3, 0.4) is 0 Å². The van der Waals surface area contributed by atoms with Crippen LogP contribution in [-0.2, 0) is 20.0 Å². The average molecular weight is 298 g/mol. The van der Waals surface area contributed by atoms with Crippen LogP contribution < -0.4 is 5.32 Å². The van der Waals surface area contributed by atoms with Gasteiger partial charge in [-0.15, -0.1) is 0 Å². The molecule has 1 heterocycles. The minimum Gasteiger partial charge on any atom is -0.504 e. The molecule has 0 atom stereocenters. The second-order valence-corrected chi connectivity index (χ2v) is 5.47. The fourth-order valence-corrected chi connectivity index (χ4v) is 2.77. The van der Waals surface area contributed by atoms with Gasteiger partial charge in [0.15, 0.2) is 11.6 Å². The standard InChI is InChI=1S/C18H19FN2O/c1-21-12-14(17-16(21)8-7-15(19)18(17)22)9-10-20-11-13-5-3-2-4-6-13/h2-8,12,20,22H,9-11H2,1H3. The van der Waals surface area contributed by atoms with Gasteiger partial charge < -0.3 is 15.0 Å². The van der Waals surface area contributed by atoms with Gasteiger partial charge in [-0.3, -0.25) is 0 Å². The Balaban J connectivity index is 1.70. The predicted molar refractivity (Wildman–Crippen MR) is 86.4 cm³/mol. The molecule has 4 heteroatoms. The maximum Gasteiger partial charge on any atom is 0.165 e. The van der Waals surface area contributed by atoms with E-state index in [9.17, 15) is 9.50 Å². The second-order valence-electron chi connectivity index (χ2n) is 5.47. The van der Waals surface area contributed by atoms with Gasteiger partial charge in [0, 0.05) is 25.2 Å². The molecular weight excluding hydrogens is 279 g/mol. The van der Waals surface area contributed by atoms with Gasteiger partial charge >= 0.3 is 0 Å². The number of fused-ring (bicyclic) bond motifs is 1. The van der Waals surface area contributed by atoms with Crippen molar-refractivity contribution in [2.45, 2.75) is 13.0 Å². The van der Waals surface area contributed by atoms with Crippen molar-refractivity contribution < 1.29 is 9.50 Å². The molecular formula is C18H19FN2O. The summed E-state index contributed by atoms with van der Waals surface area (Å²) in [5, 5.41) is 14.0. The highest BCUT2D eigenvalue weighted by Crippen LogP contribution is 2.31. The van der Waals surface area contributed by atoms with Crippen LogP contribution in [0.4, 0.5) is 4.39 Å². The van der Waals surface area contributed by atoms with Gasteiger partial charge in [0.25, 0.3) is 0 Å². The van der Waals surface area contributed by atoms with Gasteiger partial charge in [0.05, 0.1) is 5.52 Å². The maximum atomic E-state index is 13.6. The highest BCUT2D eigenvalue weighted by atomic mass is 19.1. The summed E-state index contributed by atoms with van der Waals surface area (Å²) in [7, 11) is 1.90. The van der Waals surface area contributed by atoms with Gasteiger partial charge in [-0.2, -0.15) is 0 Å². The Labute approximate surface area is 129 Å². The van der Waals surface area contributed by atoms with E-state index in [2.05, 4.69) is 17.4 Å².